The molecule has 0 aromatic rings. The number of carbonyl (C=O) groups is 1. The van der Waals surface area contributed by atoms with Crippen LogP contribution in [0.1, 0.15) is 6.92 Å². The summed E-state index contributed by atoms with van der Waals surface area (Å²) in [4.78, 5) is 12.7. The molecule has 64 valence electrons. The first kappa shape index (κ1) is 8.49. The Hall–Kier alpha value is -0.610. The predicted molar refractivity (Wildman–Crippen MR) is 41.1 cm³/mol. The summed E-state index contributed by atoms with van der Waals surface area (Å²) < 4.78 is 0. The molecule has 0 bridgehead atoms. The molecule has 0 aromatic heterocycles. The molecule has 2 N–H and O–H groups in total. The van der Waals surface area contributed by atoms with Crippen molar-refractivity contribution in [2.75, 3.05) is 26.7 Å². The van der Waals surface area contributed by atoms with Crippen molar-refractivity contribution in [2.45, 2.75) is 12.5 Å². The zero-order chi connectivity index (χ0) is 8.48. The molecule has 4 nitrogen and oxygen atoms in total. The van der Waals surface area contributed by atoms with Gasteiger partial charge in [0, 0.05) is 20.1 Å². The Kier molecular flexibility index (Phi) is 2.15. The van der Waals surface area contributed by atoms with Crippen LogP contribution in [0.3, 0.4) is 0 Å². The Morgan fingerprint density at radius 2 is 2.27 bits per heavy atom. The molecular formula is C7H14N2O2. The van der Waals surface area contributed by atoms with Crippen LogP contribution in [0.25, 0.3) is 0 Å². The van der Waals surface area contributed by atoms with Crippen LogP contribution in [-0.2, 0) is 4.79 Å². The molecule has 0 spiro atoms. The SMILES string of the molecule is CNC(=O)CN1CC(C)(O)C1. The summed E-state index contributed by atoms with van der Waals surface area (Å²) in [7, 11) is 1.61. The number of hydrogen-bond donors (Lipinski definition) is 2. The van der Waals surface area contributed by atoms with Crippen LogP contribution in [0.2, 0.25) is 0 Å². The summed E-state index contributed by atoms with van der Waals surface area (Å²) in [6, 6.07) is 0. The van der Waals surface area contributed by atoms with Gasteiger partial charge in [0.05, 0.1) is 12.1 Å². The number of carbonyl (C=O) groups excluding carboxylic acids is 1. The third kappa shape index (κ3) is 2.17. The fraction of sp³-hybridized carbons (Fsp3) is 0.857. The molecule has 1 rings (SSSR count). The largest absolute Gasteiger partial charge is 0.388 e. The number of nitrogens with zero attached hydrogens (tertiary/aromatic N) is 1. The minimum atomic E-state index is -0.575. The van der Waals surface area contributed by atoms with Gasteiger partial charge in [-0.2, -0.15) is 0 Å². The number of hydrogen-bond acceptors (Lipinski definition) is 3. The van der Waals surface area contributed by atoms with Gasteiger partial charge in [-0.1, -0.05) is 0 Å². The van der Waals surface area contributed by atoms with Crippen LogP contribution in [0.5, 0.6) is 0 Å². The van der Waals surface area contributed by atoms with Crippen LogP contribution < -0.4 is 5.32 Å². The van der Waals surface area contributed by atoms with Crippen LogP contribution in [-0.4, -0.2) is 48.2 Å². The Balaban J connectivity index is 2.19. The van der Waals surface area contributed by atoms with Crippen molar-refractivity contribution in [2.24, 2.45) is 0 Å². The normalized spacial score (nSPS) is 22.5. The van der Waals surface area contributed by atoms with Crippen LogP contribution in [0.15, 0.2) is 0 Å². The molecule has 0 radical (unpaired) electrons. The zero-order valence-electron chi connectivity index (χ0n) is 6.92. The number of nitrogens with one attached hydrogen (secondary N) is 1. The smallest absolute Gasteiger partial charge is 0.233 e. The van der Waals surface area contributed by atoms with Crippen molar-refractivity contribution in [3.63, 3.8) is 0 Å². The second-order valence-corrected chi connectivity index (χ2v) is 3.32. The minimum Gasteiger partial charge on any atom is -0.388 e. The predicted octanol–water partition coefficient (Wildman–Crippen LogP) is -1.20. The Morgan fingerprint density at radius 3 is 2.64 bits per heavy atom. The molecule has 0 aliphatic carbocycles. The Labute approximate surface area is 66.2 Å². The van der Waals surface area contributed by atoms with E-state index in [0.29, 0.717) is 19.6 Å². The van der Waals surface area contributed by atoms with Crippen molar-refractivity contribution in [3.05, 3.63) is 0 Å². The molecular weight excluding hydrogens is 144 g/mol. The third-order valence-corrected chi connectivity index (χ3v) is 1.77. The van der Waals surface area contributed by atoms with Gasteiger partial charge in [-0.25, -0.2) is 0 Å². The number of β-amino-alcohol motifs (C(OH)–C–C–N with tert-alkyl or cyclic N) is 1. The van der Waals surface area contributed by atoms with Crippen molar-refractivity contribution in [3.8, 4) is 0 Å². The van der Waals surface area contributed by atoms with E-state index in [2.05, 4.69) is 5.32 Å². The maximum atomic E-state index is 10.8. The molecule has 0 aromatic carbocycles. The van der Waals surface area contributed by atoms with E-state index in [1.165, 1.54) is 0 Å². The first-order chi connectivity index (χ1) is 5.03. The van der Waals surface area contributed by atoms with Gasteiger partial charge in [-0.05, 0) is 6.92 Å². The van der Waals surface area contributed by atoms with Crippen LogP contribution in [0.4, 0.5) is 0 Å². The molecule has 0 atom stereocenters. The second-order valence-electron chi connectivity index (χ2n) is 3.32. The van der Waals surface area contributed by atoms with Gasteiger partial charge in [0.1, 0.15) is 0 Å². The molecule has 1 aliphatic heterocycles. The highest BCUT2D eigenvalue weighted by Crippen LogP contribution is 2.18. The lowest BCUT2D eigenvalue weighted by Gasteiger charge is -2.43. The quantitative estimate of drug-likeness (QED) is 0.530. The van der Waals surface area contributed by atoms with Crippen LogP contribution in [0, 0.1) is 0 Å². The van der Waals surface area contributed by atoms with Crippen LogP contribution >= 0.6 is 0 Å². The third-order valence-electron chi connectivity index (χ3n) is 1.77. The van der Waals surface area contributed by atoms with Gasteiger partial charge < -0.3 is 10.4 Å². The van der Waals surface area contributed by atoms with Crippen molar-refractivity contribution >= 4 is 5.91 Å². The Bertz CT molecular complexity index is 160. The fourth-order valence-electron chi connectivity index (χ4n) is 1.31. The summed E-state index contributed by atoms with van der Waals surface area (Å²) >= 11 is 0. The number of likely N-dealkylation sites (N-methyl/N-ethyl adjacent to an activating group) is 1. The van der Waals surface area contributed by atoms with E-state index in [9.17, 15) is 9.90 Å². The topological polar surface area (TPSA) is 52.6 Å². The summed E-state index contributed by atoms with van der Waals surface area (Å²) in [6.07, 6.45) is 0. The summed E-state index contributed by atoms with van der Waals surface area (Å²) in [5, 5.41) is 11.8. The lowest BCUT2D eigenvalue weighted by atomic mass is 9.97. The van der Waals surface area contributed by atoms with Gasteiger partial charge in [0.15, 0.2) is 0 Å². The molecule has 1 fully saturated rings. The lowest BCUT2D eigenvalue weighted by Crippen LogP contribution is -2.61. The summed E-state index contributed by atoms with van der Waals surface area (Å²) in [5.41, 5.74) is -0.575. The van der Waals surface area contributed by atoms with E-state index in [0.717, 1.165) is 0 Å². The summed E-state index contributed by atoms with van der Waals surface area (Å²) in [6.45, 7) is 3.36. The van der Waals surface area contributed by atoms with Crippen molar-refractivity contribution < 1.29 is 9.90 Å². The first-order valence-electron chi connectivity index (χ1n) is 3.69. The molecule has 1 heterocycles. The van der Waals surface area contributed by atoms with E-state index in [1.54, 1.807) is 14.0 Å². The van der Waals surface area contributed by atoms with Crippen molar-refractivity contribution in [1.29, 1.82) is 0 Å². The second kappa shape index (κ2) is 2.79. The van der Waals surface area contributed by atoms with Gasteiger partial charge >= 0.3 is 0 Å². The highest BCUT2D eigenvalue weighted by Gasteiger charge is 2.36. The van der Waals surface area contributed by atoms with Gasteiger partial charge in [-0.3, -0.25) is 9.69 Å². The molecule has 1 aliphatic rings. The highest BCUT2D eigenvalue weighted by atomic mass is 16.3. The number of aliphatic hydroxyl groups is 1. The molecule has 1 amide bonds. The lowest BCUT2D eigenvalue weighted by molar-refractivity contribution is -0.129. The van der Waals surface area contributed by atoms with E-state index < -0.39 is 5.60 Å². The standard InChI is InChI=1S/C7H14N2O2/c1-7(11)4-9(5-7)3-6(10)8-2/h11H,3-5H2,1-2H3,(H,8,10). The monoisotopic (exact) mass is 158 g/mol. The fourth-order valence-corrected chi connectivity index (χ4v) is 1.31. The molecule has 11 heavy (non-hydrogen) atoms. The molecule has 4 heteroatoms. The van der Waals surface area contributed by atoms with E-state index in [1.807, 2.05) is 4.90 Å². The van der Waals surface area contributed by atoms with E-state index in [-0.39, 0.29) is 5.91 Å². The number of likely N-dealkylation sites (tertiary alicyclic amines) is 1. The molecule has 0 saturated carbocycles. The molecule has 1 saturated heterocycles. The average molecular weight is 158 g/mol. The maximum absolute atomic E-state index is 10.8. The first-order valence-corrected chi connectivity index (χ1v) is 3.69. The highest BCUT2D eigenvalue weighted by molar-refractivity contribution is 5.77. The Morgan fingerprint density at radius 1 is 1.73 bits per heavy atom. The molecule has 0 unspecified atom stereocenters. The van der Waals surface area contributed by atoms with Gasteiger partial charge in [0.25, 0.3) is 0 Å². The minimum absolute atomic E-state index is 0.000463. The average Bonchev–Trinajstić information content (AvgIpc) is 1.83. The van der Waals surface area contributed by atoms with E-state index >= 15 is 0 Å². The van der Waals surface area contributed by atoms with Gasteiger partial charge in [0.2, 0.25) is 5.91 Å². The van der Waals surface area contributed by atoms with Gasteiger partial charge in [-0.15, -0.1) is 0 Å². The maximum Gasteiger partial charge on any atom is 0.233 e. The summed E-state index contributed by atoms with van der Waals surface area (Å²) in [5.74, 6) is 0.000463. The zero-order valence-corrected chi connectivity index (χ0v) is 6.92. The van der Waals surface area contributed by atoms with E-state index in [4.69, 9.17) is 0 Å². The van der Waals surface area contributed by atoms with Crippen molar-refractivity contribution in [1.82, 2.24) is 10.2 Å². The number of rotatable bonds is 2. The number of amides is 1.